The predicted molar refractivity (Wildman–Crippen MR) is 115 cm³/mol. The Kier molecular flexibility index (Phi) is 5.65. The zero-order valence-corrected chi connectivity index (χ0v) is 17.7. The molecule has 0 aromatic heterocycles. The molecule has 1 aliphatic carbocycles. The van der Waals surface area contributed by atoms with Gasteiger partial charge in [0.05, 0.1) is 11.3 Å². The summed E-state index contributed by atoms with van der Waals surface area (Å²) in [6, 6.07) is 13.8. The van der Waals surface area contributed by atoms with Crippen LogP contribution in [-0.4, -0.2) is 17.7 Å². The molecule has 0 bridgehead atoms. The lowest BCUT2D eigenvalue weighted by Crippen LogP contribution is -2.42. The summed E-state index contributed by atoms with van der Waals surface area (Å²) in [4.78, 5) is 36.4. The van der Waals surface area contributed by atoms with E-state index in [2.05, 4.69) is 22.8 Å². The van der Waals surface area contributed by atoms with E-state index in [0.717, 1.165) is 24.8 Å². The summed E-state index contributed by atoms with van der Waals surface area (Å²) in [5.41, 5.74) is 3.75. The van der Waals surface area contributed by atoms with Crippen LogP contribution in [0.2, 0.25) is 5.02 Å². The molecule has 0 spiro atoms. The number of nitrogens with one attached hydrogen (secondary N) is 2. The van der Waals surface area contributed by atoms with Gasteiger partial charge in [-0.3, -0.25) is 19.7 Å². The molecule has 3 amide bonds. The standard InChI is InChI=1S/C24H25ClN2O3/c1-24(11-10-16-4-2-3-5-17(16)13-24)23(30)26-14-15-6-7-18(20(25)12-15)19-8-9-21(28)27-22(19)29/h2-7,12,19H,8-11,13-14H2,1H3,(H,26,30)(H,27,28,29). The number of aryl methyl sites for hydroxylation is 1. The fraction of sp³-hybridized carbons (Fsp3) is 0.375. The number of carbonyl (C=O) groups excluding carboxylic acids is 3. The molecule has 156 valence electrons. The summed E-state index contributed by atoms with van der Waals surface area (Å²) in [7, 11) is 0. The quantitative estimate of drug-likeness (QED) is 0.735. The molecule has 2 unspecified atom stereocenters. The van der Waals surface area contributed by atoms with Crippen LogP contribution in [0.1, 0.15) is 54.4 Å². The van der Waals surface area contributed by atoms with Gasteiger partial charge < -0.3 is 5.32 Å². The lowest BCUT2D eigenvalue weighted by Gasteiger charge is -2.33. The molecule has 2 aromatic rings. The molecule has 30 heavy (non-hydrogen) atoms. The average molecular weight is 425 g/mol. The van der Waals surface area contributed by atoms with Gasteiger partial charge in [0, 0.05) is 18.0 Å². The van der Waals surface area contributed by atoms with Crippen LogP contribution >= 0.6 is 11.6 Å². The highest BCUT2D eigenvalue weighted by Gasteiger charge is 2.36. The molecule has 5 nitrogen and oxygen atoms in total. The molecule has 0 radical (unpaired) electrons. The smallest absolute Gasteiger partial charge is 0.234 e. The van der Waals surface area contributed by atoms with Gasteiger partial charge in [-0.15, -0.1) is 0 Å². The highest BCUT2D eigenvalue weighted by atomic mass is 35.5. The Morgan fingerprint density at radius 1 is 1.17 bits per heavy atom. The molecule has 6 heteroatoms. The second-order valence-corrected chi connectivity index (χ2v) is 8.96. The fourth-order valence-corrected chi connectivity index (χ4v) is 4.77. The normalized spacial score (nSPS) is 23.5. The summed E-state index contributed by atoms with van der Waals surface area (Å²) >= 11 is 6.43. The van der Waals surface area contributed by atoms with E-state index in [1.807, 2.05) is 31.2 Å². The number of rotatable bonds is 4. The van der Waals surface area contributed by atoms with E-state index in [1.54, 1.807) is 6.07 Å². The molecular formula is C24H25ClN2O3. The van der Waals surface area contributed by atoms with Crippen molar-refractivity contribution in [2.75, 3.05) is 0 Å². The third kappa shape index (κ3) is 4.12. The molecule has 4 rings (SSSR count). The van der Waals surface area contributed by atoms with Gasteiger partial charge in [0.25, 0.3) is 0 Å². The summed E-state index contributed by atoms with van der Waals surface area (Å²) in [5.74, 6) is -0.923. The Hall–Kier alpha value is -2.66. The molecule has 0 saturated carbocycles. The van der Waals surface area contributed by atoms with Gasteiger partial charge in [0.2, 0.25) is 17.7 Å². The number of benzene rings is 2. The molecule has 2 aromatic carbocycles. The van der Waals surface area contributed by atoms with Crippen molar-refractivity contribution < 1.29 is 14.4 Å². The molecule has 2 N–H and O–H groups in total. The van der Waals surface area contributed by atoms with Crippen molar-refractivity contribution in [3.05, 3.63) is 69.7 Å². The second-order valence-electron chi connectivity index (χ2n) is 8.55. The topological polar surface area (TPSA) is 75.3 Å². The minimum absolute atomic E-state index is 0.0439. The van der Waals surface area contributed by atoms with E-state index < -0.39 is 11.3 Å². The maximum Gasteiger partial charge on any atom is 0.234 e. The van der Waals surface area contributed by atoms with Crippen LogP contribution in [0.15, 0.2) is 42.5 Å². The minimum atomic E-state index is -0.426. The average Bonchev–Trinajstić information content (AvgIpc) is 2.72. The van der Waals surface area contributed by atoms with Crippen LogP contribution in [-0.2, 0) is 33.8 Å². The van der Waals surface area contributed by atoms with Crippen molar-refractivity contribution in [1.29, 1.82) is 0 Å². The van der Waals surface area contributed by atoms with Crippen molar-refractivity contribution in [3.63, 3.8) is 0 Å². The summed E-state index contributed by atoms with van der Waals surface area (Å²) < 4.78 is 0. The van der Waals surface area contributed by atoms with Gasteiger partial charge in [-0.2, -0.15) is 0 Å². The van der Waals surface area contributed by atoms with E-state index in [0.29, 0.717) is 30.0 Å². The first-order valence-electron chi connectivity index (χ1n) is 10.3. The zero-order chi connectivity index (χ0) is 21.3. The Balaban J connectivity index is 1.40. The van der Waals surface area contributed by atoms with Crippen molar-refractivity contribution in [3.8, 4) is 0 Å². The first-order chi connectivity index (χ1) is 14.4. The Morgan fingerprint density at radius 2 is 1.93 bits per heavy atom. The predicted octanol–water partition coefficient (Wildman–Crippen LogP) is 3.67. The Bertz CT molecular complexity index is 1020. The van der Waals surface area contributed by atoms with Gasteiger partial charge in [0.15, 0.2) is 0 Å². The Morgan fingerprint density at radius 3 is 2.67 bits per heavy atom. The third-order valence-electron chi connectivity index (χ3n) is 6.33. The van der Waals surface area contributed by atoms with Crippen molar-refractivity contribution in [1.82, 2.24) is 10.6 Å². The third-order valence-corrected chi connectivity index (χ3v) is 6.65. The zero-order valence-electron chi connectivity index (χ0n) is 17.0. The van der Waals surface area contributed by atoms with Crippen molar-refractivity contribution >= 4 is 29.3 Å². The number of carbonyl (C=O) groups is 3. The van der Waals surface area contributed by atoms with Gasteiger partial charge in [-0.1, -0.05) is 54.9 Å². The monoisotopic (exact) mass is 424 g/mol. The second kappa shape index (κ2) is 8.23. The summed E-state index contributed by atoms with van der Waals surface area (Å²) in [6.45, 7) is 2.41. The van der Waals surface area contributed by atoms with E-state index in [1.165, 1.54) is 11.1 Å². The van der Waals surface area contributed by atoms with Crippen LogP contribution in [0.5, 0.6) is 0 Å². The number of fused-ring (bicyclic) bond motifs is 1. The number of hydrogen-bond acceptors (Lipinski definition) is 3. The maximum atomic E-state index is 12.9. The van der Waals surface area contributed by atoms with E-state index in [4.69, 9.17) is 11.6 Å². The highest BCUT2D eigenvalue weighted by Crippen LogP contribution is 2.36. The van der Waals surface area contributed by atoms with Gasteiger partial charge >= 0.3 is 0 Å². The van der Waals surface area contributed by atoms with E-state index in [9.17, 15) is 14.4 Å². The van der Waals surface area contributed by atoms with E-state index >= 15 is 0 Å². The number of halogens is 1. The summed E-state index contributed by atoms with van der Waals surface area (Å²) in [6.07, 6.45) is 3.24. The van der Waals surface area contributed by atoms with Gasteiger partial charge in [-0.05, 0) is 54.0 Å². The SMILES string of the molecule is CC1(C(=O)NCc2ccc(C3CCC(=O)NC3=O)c(Cl)c2)CCc2ccccc2C1. The number of hydrogen-bond donors (Lipinski definition) is 2. The van der Waals surface area contributed by atoms with Crippen LogP contribution < -0.4 is 10.6 Å². The van der Waals surface area contributed by atoms with Crippen molar-refractivity contribution in [2.24, 2.45) is 5.41 Å². The molecular weight excluding hydrogens is 400 g/mol. The first-order valence-corrected chi connectivity index (χ1v) is 10.7. The molecule has 2 aliphatic rings. The van der Waals surface area contributed by atoms with Gasteiger partial charge in [-0.25, -0.2) is 0 Å². The largest absolute Gasteiger partial charge is 0.352 e. The number of imide groups is 1. The summed E-state index contributed by atoms with van der Waals surface area (Å²) in [5, 5.41) is 5.90. The van der Waals surface area contributed by atoms with Crippen LogP contribution in [0.25, 0.3) is 0 Å². The molecule has 2 atom stereocenters. The van der Waals surface area contributed by atoms with Crippen LogP contribution in [0.3, 0.4) is 0 Å². The minimum Gasteiger partial charge on any atom is -0.352 e. The maximum absolute atomic E-state index is 12.9. The van der Waals surface area contributed by atoms with Crippen LogP contribution in [0.4, 0.5) is 0 Å². The van der Waals surface area contributed by atoms with Crippen molar-refractivity contribution in [2.45, 2.75) is 51.5 Å². The molecule has 1 heterocycles. The lowest BCUT2D eigenvalue weighted by atomic mass is 9.72. The van der Waals surface area contributed by atoms with Crippen LogP contribution in [0, 0.1) is 5.41 Å². The highest BCUT2D eigenvalue weighted by molar-refractivity contribution is 6.31. The fourth-order valence-electron chi connectivity index (χ4n) is 4.44. The number of amides is 3. The Labute approximate surface area is 181 Å². The lowest BCUT2D eigenvalue weighted by molar-refractivity contribution is -0.134. The number of piperidine rings is 1. The molecule has 1 saturated heterocycles. The van der Waals surface area contributed by atoms with E-state index in [-0.39, 0.29) is 17.7 Å². The van der Waals surface area contributed by atoms with Gasteiger partial charge in [0.1, 0.15) is 0 Å². The molecule has 1 fully saturated rings. The molecule has 1 aliphatic heterocycles. The first kappa shape index (κ1) is 20.6.